The second-order valence-electron chi connectivity index (χ2n) is 7.18. The van der Waals surface area contributed by atoms with Gasteiger partial charge in [0.25, 0.3) is 0 Å². The van der Waals surface area contributed by atoms with Crippen LogP contribution in [0.4, 0.5) is 5.69 Å². The standard InChI is InChI=1S/C23H28N2O5/c1-5-30-18-8-6-16(7-9-18)15(2)24-23(27)17-12-22(26)25(14-17)20-13-19(28-3)10-11-21(20)29-4/h6-11,13,15,17H,5,12,14H2,1-4H3,(H,24,27). The first-order valence-corrected chi connectivity index (χ1v) is 10.0. The molecule has 160 valence electrons. The van der Waals surface area contributed by atoms with Crippen molar-refractivity contribution in [1.82, 2.24) is 5.32 Å². The molecule has 2 unspecified atom stereocenters. The van der Waals surface area contributed by atoms with Crippen molar-refractivity contribution in [1.29, 1.82) is 0 Å². The Hall–Kier alpha value is -3.22. The molecule has 0 aromatic heterocycles. The topological polar surface area (TPSA) is 77.1 Å². The number of carbonyl (C=O) groups excluding carboxylic acids is 2. The van der Waals surface area contributed by atoms with E-state index in [4.69, 9.17) is 14.2 Å². The summed E-state index contributed by atoms with van der Waals surface area (Å²) in [7, 11) is 3.12. The summed E-state index contributed by atoms with van der Waals surface area (Å²) in [6, 6.07) is 12.7. The van der Waals surface area contributed by atoms with Gasteiger partial charge in [-0.15, -0.1) is 0 Å². The maximum atomic E-state index is 12.8. The third-order valence-electron chi connectivity index (χ3n) is 5.22. The fourth-order valence-corrected chi connectivity index (χ4v) is 3.56. The average Bonchev–Trinajstić information content (AvgIpc) is 3.15. The Balaban J connectivity index is 1.68. The quantitative estimate of drug-likeness (QED) is 0.720. The Labute approximate surface area is 176 Å². The van der Waals surface area contributed by atoms with Crippen molar-refractivity contribution in [3.05, 3.63) is 48.0 Å². The molecule has 0 saturated carbocycles. The molecule has 2 aromatic carbocycles. The largest absolute Gasteiger partial charge is 0.497 e. The summed E-state index contributed by atoms with van der Waals surface area (Å²) in [5.74, 6) is 1.29. The molecule has 30 heavy (non-hydrogen) atoms. The molecule has 1 heterocycles. The monoisotopic (exact) mass is 412 g/mol. The summed E-state index contributed by atoms with van der Waals surface area (Å²) in [6.45, 7) is 4.76. The van der Waals surface area contributed by atoms with E-state index >= 15 is 0 Å². The summed E-state index contributed by atoms with van der Waals surface area (Å²) in [6.07, 6.45) is 0.155. The van der Waals surface area contributed by atoms with Crippen molar-refractivity contribution in [2.24, 2.45) is 5.92 Å². The van der Waals surface area contributed by atoms with Crippen molar-refractivity contribution in [3.8, 4) is 17.2 Å². The molecule has 0 aliphatic carbocycles. The number of amides is 2. The number of hydrogen-bond acceptors (Lipinski definition) is 5. The van der Waals surface area contributed by atoms with Gasteiger partial charge in [0.1, 0.15) is 17.2 Å². The van der Waals surface area contributed by atoms with Crippen molar-refractivity contribution in [3.63, 3.8) is 0 Å². The normalized spacial score (nSPS) is 16.9. The minimum atomic E-state index is -0.432. The van der Waals surface area contributed by atoms with Crippen molar-refractivity contribution in [2.45, 2.75) is 26.3 Å². The van der Waals surface area contributed by atoms with Crippen molar-refractivity contribution < 1.29 is 23.8 Å². The highest BCUT2D eigenvalue weighted by atomic mass is 16.5. The van der Waals surface area contributed by atoms with Gasteiger partial charge in [0, 0.05) is 19.0 Å². The first kappa shape index (κ1) is 21.5. The fourth-order valence-electron chi connectivity index (χ4n) is 3.56. The molecule has 1 aliphatic heterocycles. The maximum Gasteiger partial charge on any atom is 0.227 e. The van der Waals surface area contributed by atoms with Crippen LogP contribution in [0.2, 0.25) is 0 Å². The number of ether oxygens (including phenoxy) is 3. The molecule has 1 aliphatic rings. The SMILES string of the molecule is CCOc1ccc(C(C)NC(=O)C2CC(=O)N(c3cc(OC)ccc3OC)C2)cc1. The average molecular weight is 412 g/mol. The number of anilines is 1. The Morgan fingerprint density at radius 1 is 1.13 bits per heavy atom. The molecule has 2 aromatic rings. The van der Waals surface area contributed by atoms with E-state index in [1.54, 1.807) is 37.3 Å². The number of methoxy groups -OCH3 is 2. The predicted molar refractivity (Wildman–Crippen MR) is 114 cm³/mol. The van der Waals surface area contributed by atoms with Crippen LogP contribution in [0.15, 0.2) is 42.5 Å². The maximum absolute atomic E-state index is 12.8. The highest BCUT2D eigenvalue weighted by molar-refractivity contribution is 6.01. The van der Waals surface area contributed by atoms with Crippen LogP contribution < -0.4 is 24.4 Å². The molecule has 2 amide bonds. The van der Waals surface area contributed by atoms with Crippen LogP contribution >= 0.6 is 0 Å². The molecule has 2 atom stereocenters. The smallest absolute Gasteiger partial charge is 0.227 e. The lowest BCUT2D eigenvalue weighted by Gasteiger charge is -2.21. The second kappa shape index (κ2) is 9.52. The molecule has 0 spiro atoms. The van der Waals surface area contributed by atoms with E-state index in [1.165, 1.54) is 0 Å². The first-order valence-electron chi connectivity index (χ1n) is 10.0. The zero-order valence-electron chi connectivity index (χ0n) is 17.8. The van der Waals surface area contributed by atoms with Gasteiger partial charge in [-0.1, -0.05) is 12.1 Å². The van der Waals surface area contributed by atoms with Gasteiger partial charge in [0.15, 0.2) is 0 Å². The molecule has 7 nitrogen and oxygen atoms in total. The summed E-state index contributed by atoms with van der Waals surface area (Å²) in [5.41, 5.74) is 1.58. The number of benzene rings is 2. The molecular formula is C23H28N2O5. The third kappa shape index (κ3) is 4.67. The molecule has 0 radical (unpaired) electrons. The predicted octanol–water partition coefficient (Wildman–Crippen LogP) is 3.33. The van der Waals surface area contributed by atoms with E-state index in [2.05, 4.69) is 5.32 Å². The second-order valence-corrected chi connectivity index (χ2v) is 7.18. The number of rotatable bonds is 8. The van der Waals surface area contributed by atoms with E-state index in [9.17, 15) is 9.59 Å². The van der Waals surface area contributed by atoms with Gasteiger partial charge in [-0.25, -0.2) is 0 Å². The van der Waals surface area contributed by atoms with Gasteiger partial charge in [-0.05, 0) is 43.7 Å². The molecule has 1 fully saturated rings. The fraction of sp³-hybridized carbons (Fsp3) is 0.391. The van der Waals surface area contributed by atoms with Gasteiger partial charge in [0.05, 0.1) is 38.5 Å². The van der Waals surface area contributed by atoms with Gasteiger partial charge in [-0.2, -0.15) is 0 Å². The minimum absolute atomic E-state index is 0.115. The molecule has 3 rings (SSSR count). The van der Waals surface area contributed by atoms with Crippen molar-refractivity contribution >= 4 is 17.5 Å². The van der Waals surface area contributed by atoms with Gasteiger partial charge < -0.3 is 24.4 Å². The lowest BCUT2D eigenvalue weighted by atomic mass is 10.0. The van der Waals surface area contributed by atoms with Crippen LogP contribution in [-0.4, -0.2) is 39.2 Å². The van der Waals surface area contributed by atoms with E-state index in [0.717, 1.165) is 11.3 Å². The number of hydrogen-bond donors (Lipinski definition) is 1. The van der Waals surface area contributed by atoms with E-state index in [0.29, 0.717) is 30.3 Å². The summed E-state index contributed by atoms with van der Waals surface area (Å²) in [4.78, 5) is 27.1. The summed E-state index contributed by atoms with van der Waals surface area (Å²) < 4.78 is 16.1. The van der Waals surface area contributed by atoms with Crippen LogP contribution in [0.25, 0.3) is 0 Å². The summed E-state index contributed by atoms with van der Waals surface area (Å²) in [5, 5.41) is 3.02. The zero-order chi connectivity index (χ0) is 21.7. The summed E-state index contributed by atoms with van der Waals surface area (Å²) >= 11 is 0. The molecular weight excluding hydrogens is 384 g/mol. The van der Waals surface area contributed by atoms with E-state index < -0.39 is 5.92 Å². The Bertz CT molecular complexity index is 897. The molecule has 0 bridgehead atoms. The Morgan fingerprint density at radius 2 is 1.83 bits per heavy atom. The van der Waals surface area contributed by atoms with Gasteiger partial charge in [0.2, 0.25) is 11.8 Å². The van der Waals surface area contributed by atoms with Crippen molar-refractivity contribution in [2.75, 3.05) is 32.3 Å². The van der Waals surface area contributed by atoms with Gasteiger partial charge in [-0.3, -0.25) is 9.59 Å². The van der Waals surface area contributed by atoms with Crippen LogP contribution in [0, 0.1) is 5.92 Å². The molecule has 7 heteroatoms. The Kier molecular flexibility index (Phi) is 6.82. The number of nitrogens with one attached hydrogen (secondary N) is 1. The number of nitrogens with zero attached hydrogens (tertiary/aromatic N) is 1. The first-order chi connectivity index (χ1) is 14.5. The third-order valence-corrected chi connectivity index (χ3v) is 5.22. The molecule has 1 saturated heterocycles. The van der Waals surface area contributed by atoms with E-state index in [-0.39, 0.29) is 24.3 Å². The lowest BCUT2D eigenvalue weighted by Crippen LogP contribution is -2.34. The van der Waals surface area contributed by atoms with E-state index in [1.807, 2.05) is 38.1 Å². The molecule has 1 N–H and O–H groups in total. The van der Waals surface area contributed by atoms with Crippen LogP contribution in [0.5, 0.6) is 17.2 Å². The van der Waals surface area contributed by atoms with Crippen LogP contribution in [-0.2, 0) is 9.59 Å². The zero-order valence-corrected chi connectivity index (χ0v) is 17.8. The van der Waals surface area contributed by atoms with Crippen LogP contribution in [0.3, 0.4) is 0 Å². The number of carbonyl (C=O) groups is 2. The highest BCUT2D eigenvalue weighted by Crippen LogP contribution is 2.36. The van der Waals surface area contributed by atoms with Gasteiger partial charge >= 0.3 is 0 Å². The van der Waals surface area contributed by atoms with Crippen LogP contribution in [0.1, 0.15) is 31.9 Å². The highest BCUT2D eigenvalue weighted by Gasteiger charge is 2.36. The lowest BCUT2D eigenvalue weighted by molar-refractivity contribution is -0.126. The minimum Gasteiger partial charge on any atom is -0.497 e. The Morgan fingerprint density at radius 3 is 2.47 bits per heavy atom.